The Labute approximate surface area is 201 Å². The van der Waals surface area contributed by atoms with Gasteiger partial charge in [-0.25, -0.2) is 4.39 Å². The molecular weight excluding hydrogens is 431 g/mol. The zero-order valence-electron chi connectivity index (χ0n) is 20.2. The topological polar surface area (TPSA) is 58.6 Å². The first-order valence-corrected chi connectivity index (χ1v) is 12.6. The van der Waals surface area contributed by atoms with Crippen LogP contribution in [-0.2, 0) is 16.0 Å². The van der Waals surface area contributed by atoms with Crippen LogP contribution < -0.4 is 10.1 Å². The van der Waals surface area contributed by atoms with Crippen LogP contribution in [0, 0.1) is 11.7 Å². The van der Waals surface area contributed by atoms with Gasteiger partial charge in [-0.2, -0.15) is 0 Å². The molecule has 1 N–H and O–H groups in total. The Kier molecular flexibility index (Phi) is 7.86. The molecule has 0 unspecified atom stereocenters. The third-order valence-electron chi connectivity index (χ3n) is 7.01. The number of carbonyl (C=O) groups excluding carboxylic acids is 2. The number of hydrogen-bond acceptors (Lipinski definition) is 3. The van der Waals surface area contributed by atoms with Gasteiger partial charge in [0.2, 0.25) is 5.91 Å². The summed E-state index contributed by atoms with van der Waals surface area (Å²) in [5.74, 6) is 0.453. The molecule has 182 valence electrons. The Hall–Kier alpha value is -2.89. The molecule has 2 amide bonds. The fraction of sp³-hybridized carbons (Fsp3) is 0.500. The minimum atomic E-state index is -0.575. The molecule has 0 aromatic heterocycles. The maximum Gasteiger partial charge on any atom is 0.261 e. The molecule has 1 saturated carbocycles. The maximum atomic E-state index is 13.7. The Morgan fingerprint density at radius 3 is 2.53 bits per heavy atom. The van der Waals surface area contributed by atoms with Gasteiger partial charge in [0.15, 0.2) is 6.10 Å². The lowest BCUT2D eigenvalue weighted by molar-refractivity contribution is -0.137. The number of halogens is 1. The number of amides is 2. The van der Waals surface area contributed by atoms with E-state index in [-0.39, 0.29) is 29.6 Å². The monoisotopic (exact) mass is 466 g/mol. The van der Waals surface area contributed by atoms with Crippen molar-refractivity contribution in [1.82, 2.24) is 10.2 Å². The molecule has 34 heavy (non-hydrogen) atoms. The van der Waals surface area contributed by atoms with Gasteiger partial charge >= 0.3 is 0 Å². The van der Waals surface area contributed by atoms with E-state index in [0.29, 0.717) is 25.3 Å². The first-order chi connectivity index (χ1) is 16.5. The van der Waals surface area contributed by atoms with Crippen LogP contribution in [0.3, 0.4) is 0 Å². The molecule has 6 heteroatoms. The van der Waals surface area contributed by atoms with Gasteiger partial charge in [0, 0.05) is 19.0 Å². The maximum absolute atomic E-state index is 13.7. The van der Waals surface area contributed by atoms with Gasteiger partial charge < -0.3 is 15.0 Å². The molecule has 0 spiro atoms. The number of carbonyl (C=O) groups is 2. The van der Waals surface area contributed by atoms with Crippen molar-refractivity contribution in [3.05, 3.63) is 65.0 Å². The fourth-order valence-corrected chi connectivity index (χ4v) is 5.16. The molecule has 5 nitrogen and oxygen atoms in total. The summed E-state index contributed by atoms with van der Waals surface area (Å²) in [5, 5.41) is 2.91. The number of rotatable bonds is 8. The molecule has 0 bridgehead atoms. The van der Waals surface area contributed by atoms with E-state index in [1.54, 1.807) is 12.1 Å². The quantitative estimate of drug-likeness (QED) is 0.584. The van der Waals surface area contributed by atoms with E-state index in [4.69, 9.17) is 4.74 Å². The number of fused-ring (bicyclic) bond motifs is 1. The molecular formula is C28H35FN2O3. The summed E-state index contributed by atoms with van der Waals surface area (Å²) in [4.78, 5) is 28.0. The fourth-order valence-electron chi connectivity index (χ4n) is 5.16. The van der Waals surface area contributed by atoms with E-state index in [2.05, 4.69) is 5.32 Å². The Balaban J connectivity index is 1.67. The number of hydrogen-bond donors (Lipinski definition) is 1. The van der Waals surface area contributed by atoms with Gasteiger partial charge in [-0.3, -0.25) is 9.59 Å². The lowest BCUT2D eigenvalue weighted by Crippen LogP contribution is -2.43. The first-order valence-electron chi connectivity index (χ1n) is 12.6. The van der Waals surface area contributed by atoms with E-state index in [1.165, 1.54) is 12.1 Å². The van der Waals surface area contributed by atoms with Gasteiger partial charge in [-0.15, -0.1) is 0 Å². The summed E-state index contributed by atoms with van der Waals surface area (Å²) in [6, 6.07) is 12.1. The van der Waals surface area contributed by atoms with Gasteiger partial charge in [-0.05, 0) is 73.1 Å². The Bertz CT molecular complexity index is 1000. The molecule has 1 aliphatic carbocycles. The van der Waals surface area contributed by atoms with Crippen LogP contribution in [-0.4, -0.2) is 35.9 Å². The minimum absolute atomic E-state index is 0.0654. The normalized spacial score (nSPS) is 18.9. The highest BCUT2D eigenvalue weighted by atomic mass is 19.1. The predicted molar refractivity (Wildman–Crippen MR) is 130 cm³/mol. The van der Waals surface area contributed by atoms with Crippen molar-refractivity contribution in [2.45, 2.75) is 70.9 Å². The van der Waals surface area contributed by atoms with Gasteiger partial charge in [-0.1, -0.05) is 44.9 Å². The summed E-state index contributed by atoms with van der Waals surface area (Å²) in [5.41, 5.74) is 3.03. The summed E-state index contributed by atoms with van der Waals surface area (Å²) >= 11 is 0. The number of ether oxygens (including phenoxy) is 1. The minimum Gasteiger partial charge on any atom is -0.481 e. The molecule has 2 aromatic rings. The van der Waals surface area contributed by atoms with Crippen molar-refractivity contribution in [3.63, 3.8) is 0 Å². The first kappa shape index (κ1) is 24.2. The van der Waals surface area contributed by atoms with Crippen LogP contribution in [0.25, 0.3) is 0 Å². The smallest absolute Gasteiger partial charge is 0.261 e. The van der Waals surface area contributed by atoms with Gasteiger partial charge in [0.1, 0.15) is 11.6 Å². The highest BCUT2D eigenvalue weighted by Gasteiger charge is 2.36. The van der Waals surface area contributed by atoms with Crippen LogP contribution in [0.5, 0.6) is 5.75 Å². The molecule has 4 rings (SSSR count). The van der Waals surface area contributed by atoms with E-state index in [1.807, 2.05) is 36.9 Å². The highest BCUT2D eigenvalue weighted by molar-refractivity contribution is 5.81. The molecule has 0 radical (unpaired) electrons. The highest BCUT2D eigenvalue weighted by Crippen LogP contribution is 2.40. The number of nitrogens with zero attached hydrogens (tertiary/aromatic N) is 1. The lowest BCUT2D eigenvalue weighted by Gasteiger charge is -2.39. The molecule has 0 saturated heterocycles. The third kappa shape index (κ3) is 5.26. The van der Waals surface area contributed by atoms with Crippen LogP contribution >= 0.6 is 0 Å². The van der Waals surface area contributed by atoms with E-state index < -0.39 is 6.10 Å². The largest absolute Gasteiger partial charge is 0.481 e. The Morgan fingerprint density at radius 2 is 1.85 bits per heavy atom. The van der Waals surface area contributed by atoms with Crippen molar-refractivity contribution in [1.29, 1.82) is 0 Å². The van der Waals surface area contributed by atoms with Crippen molar-refractivity contribution in [2.24, 2.45) is 5.92 Å². The molecule has 2 aromatic carbocycles. The molecule has 1 heterocycles. The summed E-state index contributed by atoms with van der Waals surface area (Å²) in [7, 11) is 0. The van der Waals surface area contributed by atoms with E-state index >= 15 is 0 Å². The van der Waals surface area contributed by atoms with Crippen LogP contribution in [0.15, 0.2) is 42.5 Å². The SMILES string of the molecule is CCCNC(=O)[C@H](CC)Oc1ccc2c(c1)[C@@H](c1ccc(F)cc1)N(C(=O)C1CCCC1)CC2. The van der Waals surface area contributed by atoms with Crippen LogP contribution in [0.1, 0.15) is 75.1 Å². The summed E-state index contributed by atoms with van der Waals surface area (Å²) < 4.78 is 19.8. The molecule has 2 atom stereocenters. The van der Waals surface area contributed by atoms with Crippen molar-refractivity contribution < 1.29 is 18.7 Å². The molecule has 1 aliphatic heterocycles. The van der Waals surface area contributed by atoms with Crippen molar-refractivity contribution >= 4 is 11.8 Å². The van der Waals surface area contributed by atoms with E-state index in [0.717, 1.165) is 55.2 Å². The lowest BCUT2D eigenvalue weighted by atomic mass is 9.87. The average Bonchev–Trinajstić information content (AvgIpc) is 3.40. The van der Waals surface area contributed by atoms with Gasteiger partial charge in [0.25, 0.3) is 5.91 Å². The average molecular weight is 467 g/mol. The van der Waals surface area contributed by atoms with E-state index in [9.17, 15) is 14.0 Å². The third-order valence-corrected chi connectivity index (χ3v) is 7.01. The van der Waals surface area contributed by atoms with Gasteiger partial charge in [0.05, 0.1) is 6.04 Å². The second kappa shape index (κ2) is 11.0. The van der Waals surface area contributed by atoms with Crippen molar-refractivity contribution in [3.8, 4) is 5.75 Å². The molecule has 1 fully saturated rings. The Morgan fingerprint density at radius 1 is 1.12 bits per heavy atom. The standard InChI is InChI=1S/C28H35FN2O3/c1-3-16-30-27(32)25(4-2)34-23-14-11-19-15-17-31(28(33)21-7-5-6-8-21)26(24(19)18-23)20-9-12-22(29)13-10-20/h9-14,18,21,25-26H,3-8,15-17H2,1-2H3,(H,30,32)/t25-,26+/m0/s1. The number of benzene rings is 2. The van der Waals surface area contributed by atoms with Crippen LogP contribution in [0.4, 0.5) is 4.39 Å². The zero-order chi connectivity index (χ0) is 24.1. The molecule has 2 aliphatic rings. The summed E-state index contributed by atoms with van der Waals surface area (Å²) in [6.07, 6.45) is 5.68. The predicted octanol–water partition coefficient (Wildman–Crippen LogP) is 5.17. The number of nitrogens with one attached hydrogen (secondary N) is 1. The second-order valence-corrected chi connectivity index (χ2v) is 9.38. The zero-order valence-corrected chi connectivity index (χ0v) is 20.2. The van der Waals surface area contributed by atoms with Crippen molar-refractivity contribution in [2.75, 3.05) is 13.1 Å². The van der Waals surface area contributed by atoms with Crippen LogP contribution in [0.2, 0.25) is 0 Å². The summed E-state index contributed by atoms with van der Waals surface area (Å²) in [6.45, 7) is 5.20. The second-order valence-electron chi connectivity index (χ2n) is 9.38.